The van der Waals surface area contributed by atoms with Crippen LogP contribution in [-0.4, -0.2) is 19.8 Å². The first kappa shape index (κ1) is 11.4. The highest BCUT2D eigenvalue weighted by Crippen LogP contribution is 2.34. The number of aryl methyl sites for hydroxylation is 1. The topological polar surface area (TPSA) is 21.3 Å². The van der Waals surface area contributed by atoms with Crippen LogP contribution in [0, 0.1) is 18.7 Å². The van der Waals surface area contributed by atoms with Crippen molar-refractivity contribution in [1.29, 1.82) is 0 Å². The first-order valence-electron chi connectivity index (χ1n) is 5.71. The molecule has 1 aromatic carbocycles. The van der Waals surface area contributed by atoms with Crippen molar-refractivity contribution in [3.63, 3.8) is 0 Å². The zero-order valence-corrected chi connectivity index (χ0v) is 9.79. The third kappa shape index (κ3) is 2.95. The van der Waals surface area contributed by atoms with E-state index in [9.17, 15) is 4.39 Å². The van der Waals surface area contributed by atoms with Crippen molar-refractivity contribution in [3.8, 4) is 0 Å². The molecule has 2 nitrogen and oxygen atoms in total. The predicted molar refractivity (Wildman–Crippen MR) is 63.1 cm³/mol. The molecule has 2 rings (SSSR count). The van der Waals surface area contributed by atoms with Gasteiger partial charge in [0, 0.05) is 12.8 Å². The number of ether oxygens (including phenoxy) is 1. The number of rotatable bonds is 5. The van der Waals surface area contributed by atoms with Crippen LogP contribution in [0.2, 0.25) is 0 Å². The van der Waals surface area contributed by atoms with E-state index in [-0.39, 0.29) is 5.82 Å². The molecule has 1 atom stereocenters. The molecule has 0 heterocycles. The molecule has 0 saturated heterocycles. The van der Waals surface area contributed by atoms with E-state index in [0.717, 1.165) is 11.3 Å². The number of methoxy groups -OCH3 is 1. The van der Waals surface area contributed by atoms with E-state index in [0.29, 0.717) is 18.6 Å². The molecule has 88 valence electrons. The largest absolute Gasteiger partial charge is 0.383 e. The molecule has 0 amide bonds. The summed E-state index contributed by atoms with van der Waals surface area (Å²) >= 11 is 0. The molecule has 1 aromatic rings. The number of nitrogens with one attached hydrogen (secondary N) is 1. The minimum atomic E-state index is -0.186. The summed E-state index contributed by atoms with van der Waals surface area (Å²) in [4.78, 5) is 0. The Morgan fingerprint density at radius 3 is 2.75 bits per heavy atom. The number of hydrogen-bond acceptors (Lipinski definition) is 2. The molecule has 0 spiro atoms. The molecule has 1 aliphatic rings. The molecule has 0 aromatic heterocycles. The number of anilines is 1. The molecule has 1 saturated carbocycles. The lowest BCUT2D eigenvalue weighted by molar-refractivity contribution is 0.179. The third-order valence-electron chi connectivity index (χ3n) is 2.93. The first-order chi connectivity index (χ1) is 7.69. The van der Waals surface area contributed by atoms with Crippen LogP contribution in [0.5, 0.6) is 0 Å². The second-order valence-electron chi connectivity index (χ2n) is 4.56. The van der Waals surface area contributed by atoms with E-state index in [2.05, 4.69) is 5.32 Å². The Kier molecular flexibility index (Phi) is 3.44. The average Bonchev–Trinajstić information content (AvgIpc) is 2.98. The molecule has 1 N–H and O–H groups in total. The van der Waals surface area contributed by atoms with Gasteiger partial charge in [0.15, 0.2) is 0 Å². The van der Waals surface area contributed by atoms with Gasteiger partial charge in [0.2, 0.25) is 0 Å². The van der Waals surface area contributed by atoms with Gasteiger partial charge in [-0.15, -0.1) is 0 Å². The zero-order valence-electron chi connectivity index (χ0n) is 9.79. The lowest BCUT2D eigenvalue weighted by Gasteiger charge is -2.19. The monoisotopic (exact) mass is 223 g/mol. The second-order valence-corrected chi connectivity index (χ2v) is 4.56. The molecule has 1 fully saturated rings. The normalized spacial score (nSPS) is 17.2. The fourth-order valence-corrected chi connectivity index (χ4v) is 2.01. The van der Waals surface area contributed by atoms with Crippen LogP contribution in [0.3, 0.4) is 0 Å². The smallest absolute Gasteiger partial charge is 0.125 e. The highest BCUT2D eigenvalue weighted by atomic mass is 19.1. The average molecular weight is 223 g/mol. The van der Waals surface area contributed by atoms with Gasteiger partial charge in [-0.25, -0.2) is 4.39 Å². The van der Waals surface area contributed by atoms with Crippen molar-refractivity contribution < 1.29 is 9.13 Å². The minimum absolute atomic E-state index is 0.186. The molecule has 0 radical (unpaired) electrons. The van der Waals surface area contributed by atoms with Gasteiger partial charge < -0.3 is 10.1 Å². The maximum Gasteiger partial charge on any atom is 0.125 e. The number of halogens is 1. The van der Waals surface area contributed by atoms with Gasteiger partial charge >= 0.3 is 0 Å². The Morgan fingerprint density at radius 1 is 1.44 bits per heavy atom. The van der Waals surface area contributed by atoms with Gasteiger partial charge in [0.1, 0.15) is 5.82 Å². The summed E-state index contributed by atoms with van der Waals surface area (Å²) < 4.78 is 18.4. The van der Waals surface area contributed by atoms with Crippen LogP contribution in [-0.2, 0) is 4.74 Å². The molecule has 0 aliphatic heterocycles. The molecule has 16 heavy (non-hydrogen) atoms. The lowest BCUT2D eigenvalue weighted by Crippen LogP contribution is -2.27. The third-order valence-corrected chi connectivity index (χ3v) is 2.93. The van der Waals surface area contributed by atoms with Gasteiger partial charge in [-0.05, 0) is 49.4 Å². The van der Waals surface area contributed by atoms with Crippen LogP contribution in [0.4, 0.5) is 10.1 Å². The van der Waals surface area contributed by atoms with E-state index in [1.54, 1.807) is 7.11 Å². The highest BCUT2D eigenvalue weighted by molar-refractivity contribution is 5.47. The summed E-state index contributed by atoms with van der Waals surface area (Å²) in [7, 11) is 1.70. The number of benzene rings is 1. The summed E-state index contributed by atoms with van der Waals surface area (Å²) in [5.41, 5.74) is 1.79. The van der Waals surface area contributed by atoms with Crippen molar-refractivity contribution in [2.45, 2.75) is 25.8 Å². The summed E-state index contributed by atoms with van der Waals surface area (Å²) in [5, 5.41) is 3.36. The Hall–Kier alpha value is -1.09. The van der Waals surface area contributed by atoms with E-state index in [1.165, 1.54) is 25.0 Å². The summed E-state index contributed by atoms with van der Waals surface area (Å²) in [6, 6.07) is 5.35. The van der Waals surface area contributed by atoms with Crippen LogP contribution < -0.4 is 5.32 Å². The van der Waals surface area contributed by atoms with E-state index < -0.39 is 0 Å². The van der Waals surface area contributed by atoms with Crippen molar-refractivity contribution in [2.24, 2.45) is 5.92 Å². The molecular formula is C13H18FNO. The van der Waals surface area contributed by atoms with E-state index in [4.69, 9.17) is 4.74 Å². The Morgan fingerprint density at radius 2 is 2.19 bits per heavy atom. The Labute approximate surface area is 95.8 Å². The summed E-state index contributed by atoms with van der Waals surface area (Å²) in [6.07, 6.45) is 2.49. The maximum atomic E-state index is 13.2. The van der Waals surface area contributed by atoms with Crippen molar-refractivity contribution >= 4 is 5.69 Å². The lowest BCUT2D eigenvalue weighted by atomic mass is 10.1. The van der Waals surface area contributed by atoms with Crippen LogP contribution >= 0.6 is 0 Å². The minimum Gasteiger partial charge on any atom is -0.383 e. The Balaban J connectivity index is 2.05. The van der Waals surface area contributed by atoms with Gasteiger partial charge in [0.05, 0.1) is 12.6 Å². The molecule has 3 heteroatoms. The fourth-order valence-electron chi connectivity index (χ4n) is 2.01. The maximum absolute atomic E-state index is 13.2. The van der Waals surface area contributed by atoms with Crippen molar-refractivity contribution in [3.05, 3.63) is 29.6 Å². The van der Waals surface area contributed by atoms with Crippen LogP contribution in [0.25, 0.3) is 0 Å². The summed E-state index contributed by atoms with van der Waals surface area (Å²) in [6.45, 7) is 2.58. The zero-order chi connectivity index (χ0) is 11.5. The fraction of sp³-hybridized carbons (Fsp3) is 0.538. The van der Waals surface area contributed by atoms with Gasteiger partial charge in [0.25, 0.3) is 0 Å². The first-order valence-corrected chi connectivity index (χ1v) is 5.71. The predicted octanol–water partition coefficient (Wildman–Crippen LogP) is 2.97. The molecular weight excluding hydrogens is 205 g/mol. The van der Waals surface area contributed by atoms with Crippen molar-refractivity contribution in [1.82, 2.24) is 0 Å². The molecule has 1 aliphatic carbocycles. The SMILES string of the molecule is COCC(Nc1cc(C)cc(F)c1)C1CC1. The number of hydrogen-bond donors (Lipinski definition) is 1. The van der Waals surface area contributed by atoms with Crippen LogP contribution in [0.15, 0.2) is 18.2 Å². The van der Waals surface area contributed by atoms with E-state index >= 15 is 0 Å². The quantitative estimate of drug-likeness (QED) is 0.828. The second kappa shape index (κ2) is 4.83. The van der Waals surface area contributed by atoms with Gasteiger partial charge in [-0.2, -0.15) is 0 Å². The Bertz CT molecular complexity index is 343. The van der Waals surface area contributed by atoms with Gasteiger partial charge in [-0.3, -0.25) is 0 Å². The summed E-state index contributed by atoms with van der Waals surface area (Å²) in [5.74, 6) is 0.498. The van der Waals surface area contributed by atoms with Crippen LogP contribution in [0.1, 0.15) is 18.4 Å². The standard InChI is InChI=1S/C13H18FNO/c1-9-5-11(14)7-12(6-9)15-13(8-16-2)10-3-4-10/h5-7,10,13,15H,3-4,8H2,1-2H3. The van der Waals surface area contributed by atoms with Gasteiger partial charge in [-0.1, -0.05) is 0 Å². The van der Waals surface area contributed by atoms with E-state index in [1.807, 2.05) is 13.0 Å². The highest BCUT2D eigenvalue weighted by Gasteiger charge is 2.31. The molecule has 0 bridgehead atoms. The molecule has 1 unspecified atom stereocenters. The van der Waals surface area contributed by atoms with Crippen molar-refractivity contribution in [2.75, 3.05) is 19.0 Å².